The molecule has 6 nitrogen and oxygen atoms in total. The molecule has 1 amide bonds. The minimum absolute atomic E-state index is 0.149. The van der Waals surface area contributed by atoms with Crippen LogP contribution in [0.15, 0.2) is 59.4 Å². The van der Waals surface area contributed by atoms with Crippen molar-refractivity contribution in [3.63, 3.8) is 0 Å². The van der Waals surface area contributed by atoms with Crippen molar-refractivity contribution in [3.05, 3.63) is 88.1 Å². The standard InChI is InChI=1S/C17H11F3N4O2/c18-11-6-7-12(16(20)15(11)19)21-22-17(26)13-8-9-14(25)24(23-13)10-4-2-1-3-5-10/h1-9,21H,(H,22,26). The Morgan fingerprint density at radius 2 is 1.65 bits per heavy atom. The molecule has 9 heteroatoms. The number of para-hydroxylation sites is 1. The average molecular weight is 360 g/mol. The third kappa shape index (κ3) is 3.41. The molecule has 0 aliphatic carbocycles. The highest BCUT2D eigenvalue weighted by Crippen LogP contribution is 2.18. The van der Waals surface area contributed by atoms with Crippen molar-refractivity contribution in [2.24, 2.45) is 0 Å². The smallest absolute Gasteiger partial charge is 0.290 e. The first kappa shape index (κ1) is 17.2. The number of carbonyl (C=O) groups is 1. The van der Waals surface area contributed by atoms with Crippen LogP contribution in [0.5, 0.6) is 0 Å². The van der Waals surface area contributed by atoms with Crippen molar-refractivity contribution < 1.29 is 18.0 Å². The number of anilines is 1. The molecular weight excluding hydrogens is 349 g/mol. The maximum absolute atomic E-state index is 13.6. The summed E-state index contributed by atoms with van der Waals surface area (Å²) < 4.78 is 40.6. The fraction of sp³-hybridized carbons (Fsp3) is 0. The van der Waals surface area contributed by atoms with E-state index < -0.39 is 34.6 Å². The molecule has 0 atom stereocenters. The van der Waals surface area contributed by atoms with Gasteiger partial charge < -0.3 is 0 Å². The summed E-state index contributed by atoms with van der Waals surface area (Å²) in [4.78, 5) is 24.0. The first-order valence-corrected chi connectivity index (χ1v) is 7.33. The summed E-state index contributed by atoms with van der Waals surface area (Å²) in [5, 5.41) is 3.93. The number of carbonyl (C=O) groups excluding carboxylic acids is 1. The number of aromatic nitrogens is 2. The van der Waals surface area contributed by atoms with Gasteiger partial charge >= 0.3 is 0 Å². The van der Waals surface area contributed by atoms with Gasteiger partial charge in [-0.2, -0.15) is 9.78 Å². The first-order chi connectivity index (χ1) is 12.5. The van der Waals surface area contributed by atoms with E-state index >= 15 is 0 Å². The fourth-order valence-corrected chi connectivity index (χ4v) is 2.10. The van der Waals surface area contributed by atoms with Gasteiger partial charge in [-0.3, -0.25) is 20.4 Å². The van der Waals surface area contributed by atoms with E-state index in [-0.39, 0.29) is 5.69 Å². The van der Waals surface area contributed by atoms with E-state index in [0.29, 0.717) is 11.8 Å². The number of hydrogen-bond donors (Lipinski definition) is 2. The number of halogens is 3. The molecule has 3 aromatic rings. The number of rotatable bonds is 4. The summed E-state index contributed by atoms with van der Waals surface area (Å²) in [6.45, 7) is 0. The Hall–Kier alpha value is -3.62. The molecule has 1 aromatic heterocycles. The summed E-state index contributed by atoms with van der Waals surface area (Å²) >= 11 is 0. The van der Waals surface area contributed by atoms with Crippen LogP contribution in [-0.2, 0) is 0 Å². The lowest BCUT2D eigenvalue weighted by Crippen LogP contribution is -2.33. The van der Waals surface area contributed by atoms with E-state index in [0.717, 1.165) is 16.8 Å². The molecule has 132 valence electrons. The molecule has 1 heterocycles. The van der Waals surface area contributed by atoms with E-state index in [9.17, 15) is 22.8 Å². The van der Waals surface area contributed by atoms with Crippen LogP contribution >= 0.6 is 0 Å². The summed E-state index contributed by atoms with van der Waals surface area (Å²) in [5.41, 5.74) is 3.64. The predicted molar refractivity (Wildman–Crippen MR) is 87.2 cm³/mol. The van der Waals surface area contributed by atoms with Crippen LogP contribution < -0.4 is 16.4 Å². The second kappa shape index (κ2) is 7.09. The Kier molecular flexibility index (Phi) is 4.70. The van der Waals surface area contributed by atoms with E-state index in [4.69, 9.17) is 0 Å². The lowest BCUT2D eigenvalue weighted by Gasteiger charge is -2.10. The summed E-state index contributed by atoms with van der Waals surface area (Å²) in [5.74, 6) is -5.30. The van der Waals surface area contributed by atoms with E-state index in [2.05, 4.69) is 16.0 Å². The molecule has 0 saturated heterocycles. The SMILES string of the molecule is O=C(NNc1ccc(F)c(F)c1F)c1ccc(=O)n(-c2ccccc2)n1. The van der Waals surface area contributed by atoms with Crippen molar-refractivity contribution in [2.75, 3.05) is 5.43 Å². The summed E-state index contributed by atoms with van der Waals surface area (Å²) in [6, 6.07) is 12.4. The highest BCUT2D eigenvalue weighted by atomic mass is 19.2. The predicted octanol–water partition coefficient (Wildman–Crippen LogP) is 2.41. The van der Waals surface area contributed by atoms with Gasteiger partial charge in [-0.25, -0.2) is 13.2 Å². The first-order valence-electron chi connectivity index (χ1n) is 7.33. The molecule has 2 aromatic carbocycles. The molecule has 26 heavy (non-hydrogen) atoms. The van der Waals surface area contributed by atoms with Crippen LogP contribution in [0, 0.1) is 17.5 Å². The van der Waals surface area contributed by atoms with Crippen molar-refractivity contribution >= 4 is 11.6 Å². The second-order valence-corrected chi connectivity index (χ2v) is 5.11. The zero-order valence-electron chi connectivity index (χ0n) is 13.0. The van der Waals surface area contributed by atoms with Gasteiger partial charge in [-0.1, -0.05) is 18.2 Å². The van der Waals surface area contributed by atoms with Gasteiger partial charge in [-0.15, -0.1) is 0 Å². The molecule has 0 aliphatic heterocycles. The van der Waals surface area contributed by atoms with Crippen LogP contribution in [0.2, 0.25) is 0 Å². The van der Waals surface area contributed by atoms with Crippen LogP contribution in [0.25, 0.3) is 5.69 Å². The van der Waals surface area contributed by atoms with Crippen LogP contribution in [-0.4, -0.2) is 15.7 Å². The van der Waals surface area contributed by atoms with Crippen molar-refractivity contribution in [1.29, 1.82) is 0 Å². The Labute approximate surface area is 144 Å². The van der Waals surface area contributed by atoms with E-state index in [1.807, 2.05) is 0 Å². The largest absolute Gasteiger partial charge is 0.295 e. The van der Waals surface area contributed by atoms with Gasteiger partial charge in [0.05, 0.1) is 11.4 Å². The number of benzene rings is 2. The highest BCUT2D eigenvalue weighted by molar-refractivity contribution is 5.92. The van der Waals surface area contributed by atoms with Crippen LogP contribution in [0.3, 0.4) is 0 Å². The maximum Gasteiger partial charge on any atom is 0.290 e. The Morgan fingerprint density at radius 1 is 0.923 bits per heavy atom. The van der Waals surface area contributed by atoms with Crippen LogP contribution in [0.1, 0.15) is 10.5 Å². The Morgan fingerprint density at radius 3 is 2.38 bits per heavy atom. The normalized spacial score (nSPS) is 10.4. The van der Waals surface area contributed by atoms with Gasteiger partial charge in [0.2, 0.25) is 0 Å². The summed E-state index contributed by atoms with van der Waals surface area (Å²) in [6.07, 6.45) is 0. The third-order valence-electron chi connectivity index (χ3n) is 3.38. The van der Waals surface area contributed by atoms with Crippen LogP contribution in [0.4, 0.5) is 18.9 Å². The topological polar surface area (TPSA) is 76.0 Å². The average Bonchev–Trinajstić information content (AvgIpc) is 2.66. The van der Waals surface area contributed by atoms with Gasteiger partial charge in [-0.05, 0) is 30.3 Å². The fourth-order valence-electron chi connectivity index (χ4n) is 2.10. The highest BCUT2D eigenvalue weighted by Gasteiger charge is 2.15. The molecular formula is C17H11F3N4O2. The molecule has 0 aliphatic rings. The third-order valence-corrected chi connectivity index (χ3v) is 3.38. The van der Waals surface area contributed by atoms with Crippen molar-refractivity contribution in [2.45, 2.75) is 0 Å². The summed E-state index contributed by atoms with van der Waals surface area (Å²) in [7, 11) is 0. The second-order valence-electron chi connectivity index (χ2n) is 5.11. The van der Waals surface area contributed by atoms with Crippen molar-refractivity contribution in [3.8, 4) is 5.69 Å². The molecule has 0 saturated carbocycles. The van der Waals surface area contributed by atoms with Gasteiger partial charge in [0.25, 0.3) is 11.5 Å². The number of hydrogen-bond acceptors (Lipinski definition) is 4. The quantitative estimate of drug-likeness (QED) is 0.553. The number of nitrogens with zero attached hydrogens (tertiary/aromatic N) is 2. The van der Waals surface area contributed by atoms with E-state index in [1.54, 1.807) is 30.3 Å². The number of amides is 1. The monoisotopic (exact) mass is 360 g/mol. The Balaban J connectivity index is 1.81. The molecule has 0 radical (unpaired) electrons. The zero-order chi connectivity index (χ0) is 18.7. The Bertz CT molecular complexity index is 1020. The lowest BCUT2D eigenvalue weighted by atomic mass is 10.3. The van der Waals surface area contributed by atoms with Gasteiger partial charge in [0.15, 0.2) is 23.1 Å². The van der Waals surface area contributed by atoms with Gasteiger partial charge in [0.1, 0.15) is 0 Å². The zero-order valence-corrected chi connectivity index (χ0v) is 13.0. The molecule has 2 N–H and O–H groups in total. The molecule has 0 spiro atoms. The minimum atomic E-state index is -1.67. The molecule has 0 unspecified atom stereocenters. The molecule has 3 rings (SSSR count). The molecule has 0 bridgehead atoms. The van der Waals surface area contributed by atoms with Crippen molar-refractivity contribution in [1.82, 2.24) is 15.2 Å². The maximum atomic E-state index is 13.6. The lowest BCUT2D eigenvalue weighted by molar-refractivity contribution is 0.0956. The minimum Gasteiger partial charge on any atom is -0.295 e. The number of nitrogens with one attached hydrogen (secondary N) is 2. The van der Waals surface area contributed by atoms with Gasteiger partial charge in [0, 0.05) is 6.07 Å². The van der Waals surface area contributed by atoms with E-state index in [1.165, 1.54) is 6.07 Å². The molecule has 0 fully saturated rings. The number of hydrazine groups is 1.